The predicted octanol–water partition coefficient (Wildman–Crippen LogP) is 4.99. The van der Waals surface area contributed by atoms with Crippen LogP contribution in [0.4, 0.5) is 0 Å². The van der Waals surface area contributed by atoms with Crippen molar-refractivity contribution in [3.8, 4) is 5.75 Å². The molecule has 1 unspecified atom stereocenters. The standard InChI is InChI=1S/C20H32O3/c1-6-8-9-15(7-2)14-23-19(22)12-16-10-11-17(21)13-18(16)20(3,4)5/h10-11,13,15,21H,6-9,12,14H2,1-5H3. The van der Waals surface area contributed by atoms with E-state index in [1.165, 1.54) is 12.8 Å². The van der Waals surface area contributed by atoms with Crippen molar-refractivity contribution in [1.82, 2.24) is 0 Å². The van der Waals surface area contributed by atoms with Gasteiger partial charge in [0, 0.05) is 0 Å². The molecule has 0 bridgehead atoms. The Morgan fingerprint density at radius 1 is 1.26 bits per heavy atom. The first-order valence-corrected chi connectivity index (χ1v) is 8.75. The van der Waals surface area contributed by atoms with Gasteiger partial charge in [-0.1, -0.05) is 59.9 Å². The van der Waals surface area contributed by atoms with Crippen molar-refractivity contribution in [2.45, 2.75) is 72.1 Å². The maximum atomic E-state index is 12.2. The number of unbranched alkanes of at least 4 members (excludes halogenated alkanes) is 1. The third-order valence-corrected chi connectivity index (χ3v) is 4.26. The summed E-state index contributed by atoms with van der Waals surface area (Å²) in [5.41, 5.74) is 1.80. The molecule has 0 radical (unpaired) electrons. The van der Waals surface area contributed by atoms with Gasteiger partial charge in [0.25, 0.3) is 0 Å². The first-order valence-electron chi connectivity index (χ1n) is 8.75. The Hall–Kier alpha value is -1.51. The average molecular weight is 320 g/mol. The van der Waals surface area contributed by atoms with Gasteiger partial charge in [0.15, 0.2) is 0 Å². The number of benzene rings is 1. The lowest BCUT2D eigenvalue weighted by Crippen LogP contribution is -2.19. The Balaban J connectivity index is 2.67. The van der Waals surface area contributed by atoms with Gasteiger partial charge in [0.1, 0.15) is 5.75 Å². The number of ether oxygens (including phenoxy) is 1. The zero-order valence-corrected chi connectivity index (χ0v) is 15.3. The number of carbonyl (C=O) groups excluding carboxylic acids is 1. The van der Waals surface area contributed by atoms with E-state index in [4.69, 9.17) is 4.74 Å². The summed E-state index contributed by atoms with van der Waals surface area (Å²) in [6.07, 6.45) is 4.78. The highest BCUT2D eigenvalue weighted by Crippen LogP contribution is 2.29. The fourth-order valence-corrected chi connectivity index (χ4v) is 2.73. The van der Waals surface area contributed by atoms with Crippen LogP contribution in [0.3, 0.4) is 0 Å². The summed E-state index contributed by atoms with van der Waals surface area (Å²) in [6.45, 7) is 11.1. The number of hydrogen-bond donors (Lipinski definition) is 1. The topological polar surface area (TPSA) is 46.5 Å². The number of carbonyl (C=O) groups is 1. The van der Waals surface area contributed by atoms with Crippen molar-refractivity contribution < 1.29 is 14.6 Å². The highest BCUT2D eigenvalue weighted by Gasteiger charge is 2.20. The molecule has 0 fully saturated rings. The van der Waals surface area contributed by atoms with Crippen molar-refractivity contribution in [1.29, 1.82) is 0 Å². The van der Waals surface area contributed by atoms with Gasteiger partial charge in [0.05, 0.1) is 13.0 Å². The number of phenolic OH excluding ortho intramolecular Hbond substituents is 1. The van der Waals surface area contributed by atoms with Crippen LogP contribution in [0.5, 0.6) is 5.75 Å². The Morgan fingerprint density at radius 3 is 2.52 bits per heavy atom. The molecule has 0 aliphatic carbocycles. The smallest absolute Gasteiger partial charge is 0.310 e. The summed E-state index contributed by atoms with van der Waals surface area (Å²) in [7, 11) is 0. The van der Waals surface area contributed by atoms with Crippen molar-refractivity contribution in [3.63, 3.8) is 0 Å². The van der Waals surface area contributed by atoms with E-state index in [2.05, 4.69) is 34.6 Å². The molecule has 1 rings (SSSR count). The molecule has 0 saturated carbocycles. The van der Waals surface area contributed by atoms with Gasteiger partial charge in [-0.2, -0.15) is 0 Å². The van der Waals surface area contributed by atoms with Gasteiger partial charge >= 0.3 is 5.97 Å². The lowest BCUT2D eigenvalue weighted by molar-refractivity contribution is -0.144. The van der Waals surface area contributed by atoms with Crippen LogP contribution in [0.2, 0.25) is 0 Å². The molecule has 0 saturated heterocycles. The number of esters is 1. The lowest BCUT2D eigenvalue weighted by Gasteiger charge is -2.23. The summed E-state index contributed by atoms with van der Waals surface area (Å²) in [4.78, 5) is 12.2. The Labute approximate surface area is 141 Å². The second kappa shape index (κ2) is 8.95. The lowest BCUT2D eigenvalue weighted by atomic mass is 9.83. The van der Waals surface area contributed by atoms with Gasteiger partial charge in [-0.3, -0.25) is 4.79 Å². The molecule has 1 N–H and O–H groups in total. The van der Waals surface area contributed by atoms with Crippen LogP contribution in [0, 0.1) is 5.92 Å². The van der Waals surface area contributed by atoms with Crippen LogP contribution in [-0.4, -0.2) is 17.7 Å². The number of aromatic hydroxyl groups is 1. The van der Waals surface area contributed by atoms with E-state index in [1.54, 1.807) is 12.1 Å². The minimum Gasteiger partial charge on any atom is -0.508 e. The van der Waals surface area contributed by atoms with E-state index in [0.717, 1.165) is 24.0 Å². The molecule has 1 aromatic carbocycles. The minimum atomic E-state index is -0.184. The normalized spacial score (nSPS) is 12.9. The first kappa shape index (κ1) is 19.5. The third-order valence-electron chi connectivity index (χ3n) is 4.26. The molecule has 0 amide bonds. The Morgan fingerprint density at radius 2 is 1.96 bits per heavy atom. The molecule has 0 heterocycles. The number of phenols is 1. The molecular formula is C20H32O3. The molecule has 3 nitrogen and oxygen atoms in total. The van der Waals surface area contributed by atoms with E-state index in [9.17, 15) is 9.90 Å². The third kappa shape index (κ3) is 6.64. The van der Waals surface area contributed by atoms with Crippen molar-refractivity contribution >= 4 is 5.97 Å². The van der Waals surface area contributed by atoms with E-state index < -0.39 is 0 Å². The highest BCUT2D eigenvalue weighted by molar-refractivity contribution is 5.73. The maximum Gasteiger partial charge on any atom is 0.310 e. The van der Waals surface area contributed by atoms with Crippen molar-refractivity contribution in [2.75, 3.05) is 6.61 Å². The second-order valence-electron chi connectivity index (χ2n) is 7.37. The van der Waals surface area contributed by atoms with Crippen LogP contribution in [0.25, 0.3) is 0 Å². The van der Waals surface area contributed by atoms with Gasteiger partial charge < -0.3 is 9.84 Å². The molecule has 1 atom stereocenters. The first-order chi connectivity index (χ1) is 10.8. The zero-order chi connectivity index (χ0) is 17.5. The van der Waals surface area contributed by atoms with Crippen LogP contribution in [-0.2, 0) is 21.4 Å². The maximum absolute atomic E-state index is 12.2. The van der Waals surface area contributed by atoms with E-state index in [0.29, 0.717) is 12.5 Å². The average Bonchev–Trinajstić information content (AvgIpc) is 2.48. The van der Waals surface area contributed by atoms with E-state index >= 15 is 0 Å². The van der Waals surface area contributed by atoms with Gasteiger partial charge in [0.2, 0.25) is 0 Å². The summed E-state index contributed by atoms with van der Waals surface area (Å²) in [5.74, 6) is 0.509. The minimum absolute atomic E-state index is 0.124. The molecule has 0 aliphatic rings. The molecule has 0 spiro atoms. The van der Waals surface area contributed by atoms with Gasteiger partial charge in [-0.15, -0.1) is 0 Å². The van der Waals surface area contributed by atoms with E-state index in [1.807, 2.05) is 6.07 Å². The molecular weight excluding hydrogens is 288 g/mol. The van der Waals surface area contributed by atoms with Crippen molar-refractivity contribution in [2.24, 2.45) is 5.92 Å². The van der Waals surface area contributed by atoms with Gasteiger partial charge in [-0.25, -0.2) is 0 Å². The molecule has 1 aromatic rings. The van der Waals surface area contributed by atoms with Crippen LogP contribution >= 0.6 is 0 Å². The van der Waals surface area contributed by atoms with Crippen LogP contribution in [0.1, 0.15) is 71.4 Å². The fourth-order valence-electron chi connectivity index (χ4n) is 2.73. The second-order valence-corrected chi connectivity index (χ2v) is 7.37. The predicted molar refractivity (Wildman–Crippen MR) is 94.8 cm³/mol. The quantitative estimate of drug-likeness (QED) is 0.686. The molecule has 0 aliphatic heterocycles. The summed E-state index contributed by atoms with van der Waals surface area (Å²) < 4.78 is 5.49. The molecule has 3 heteroatoms. The molecule has 0 aromatic heterocycles. The highest BCUT2D eigenvalue weighted by atomic mass is 16.5. The van der Waals surface area contributed by atoms with E-state index in [-0.39, 0.29) is 23.6 Å². The van der Waals surface area contributed by atoms with Crippen molar-refractivity contribution in [3.05, 3.63) is 29.3 Å². The largest absolute Gasteiger partial charge is 0.508 e. The Bertz CT molecular complexity index is 500. The summed E-state index contributed by atoms with van der Waals surface area (Å²) in [5, 5.41) is 9.71. The zero-order valence-electron chi connectivity index (χ0n) is 15.3. The number of hydrogen-bond acceptors (Lipinski definition) is 3. The SMILES string of the molecule is CCCCC(CC)COC(=O)Cc1ccc(O)cc1C(C)(C)C. The van der Waals surface area contributed by atoms with Gasteiger partial charge in [-0.05, 0) is 41.0 Å². The fraction of sp³-hybridized carbons (Fsp3) is 0.650. The van der Waals surface area contributed by atoms with Crippen LogP contribution in [0.15, 0.2) is 18.2 Å². The summed E-state index contributed by atoms with van der Waals surface area (Å²) >= 11 is 0. The summed E-state index contributed by atoms with van der Waals surface area (Å²) in [6, 6.07) is 5.21. The number of rotatable bonds is 8. The monoisotopic (exact) mass is 320 g/mol. The Kier molecular flexibility index (Phi) is 7.60. The molecule has 130 valence electrons. The molecule has 23 heavy (non-hydrogen) atoms. The van der Waals surface area contributed by atoms with Crippen LogP contribution < -0.4 is 0 Å².